The second-order valence-electron chi connectivity index (χ2n) is 6.02. The van der Waals surface area contributed by atoms with Crippen LogP contribution in [-0.2, 0) is 9.59 Å². The molecule has 1 aliphatic heterocycles. The summed E-state index contributed by atoms with van der Waals surface area (Å²) in [7, 11) is 0. The predicted octanol–water partition coefficient (Wildman–Crippen LogP) is 1.55. The van der Waals surface area contributed by atoms with E-state index in [0.717, 1.165) is 18.4 Å². The lowest BCUT2D eigenvalue weighted by molar-refractivity contribution is -0.136. The molecule has 7 heteroatoms. The van der Waals surface area contributed by atoms with Gasteiger partial charge in [-0.2, -0.15) is 0 Å². The number of ether oxygens (including phenoxy) is 2. The summed E-state index contributed by atoms with van der Waals surface area (Å²) in [5.74, 6) is 0.597. The minimum atomic E-state index is -0.943. The smallest absolute Gasteiger partial charge is 0.247 e. The molecule has 1 heterocycles. The third kappa shape index (κ3) is 5.23. The van der Waals surface area contributed by atoms with Gasteiger partial charge < -0.3 is 24.8 Å². The molecule has 0 fully saturated rings. The Morgan fingerprint density at radius 3 is 2.58 bits per heavy atom. The first kappa shape index (κ1) is 19.8. The van der Waals surface area contributed by atoms with E-state index in [-0.39, 0.29) is 12.7 Å². The number of nitrogens with one attached hydrogen (secondary N) is 1. The molecule has 2 N–H and O–H groups in total. The maximum absolute atomic E-state index is 12.5. The molecule has 0 spiro atoms. The predicted molar refractivity (Wildman–Crippen MR) is 97.8 cm³/mol. The molecule has 1 atom stereocenters. The van der Waals surface area contributed by atoms with Crippen molar-refractivity contribution in [3.8, 4) is 11.5 Å². The van der Waals surface area contributed by atoms with Crippen LogP contribution in [0.25, 0.3) is 6.08 Å². The van der Waals surface area contributed by atoms with Gasteiger partial charge in [-0.3, -0.25) is 9.59 Å². The van der Waals surface area contributed by atoms with E-state index in [1.165, 1.54) is 6.08 Å². The zero-order valence-corrected chi connectivity index (χ0v) is 15.2. The first-order chi connectivity index (χ1) is 12.6. The molecule has 1 unspecified atom stereocenters. The summed E-state index contributed by atoms with van der Waals surface area (Å²) >= 11 is 0. The second kappa shape index (κ2) is 9.82. The second-order valence-corrected chi connectivity index (χ2v) is 6.02. The molecule has 26 heavy (non-hydrogen) atoms. The fraction of sp³-hybridized carbons (Fsp3) is 0.474. The van der Waals surface area contributed by atoms with Gasteiger partial charge in [0.25, 0.3) is 0 Å². The number of carbonyl (C=O) groups excluding carboxylic acids is 2. The van der Waals surface area contributed by atoms with Crippen LogP contribution in [0, 0.1) is 0 Å². The summed E-state index contributed by atoms with van der Waals surface area (Å²) in [6.07, 6.45) is 4.59. The standard InChI is InChI=1S/C19H26N2O5/c1-3-9-21(10-4-2)19(24)15(12-22)20-18(23)8-6-14-5-7-16-17(11-14)26-13-25-16/h5-8,11,15,22H,3-4,9-10,12-13H2,1-2H3,(H,20,23). The molecule has 0 bridgehead atoms. The van der Waals surface area contributed by atoms with Gasteiger partial charge in [0.15, 0.2) is 11.5 Å². The Kier molecular flexibility index (Phi) is 7.47. The number of nitrogens with zero attached hydrogens (tertiary/aromatic N) is 1. The van der Waals surface area contributed by atoms with Crippen molar-refractivity contribution < 1.29 is 24.2 Å². The van der Waals surface area contributed by atoms with Crippen molar-refractivity contribution in [2.45, 2.75) is 32.7 Å². The van der Waals surface area contributed by atoms with E-state index in [2.05, 4.69) is 5.32 Å². The number of aliphatic hydroxyl groups is 1. The van der Waals surface area contributed by atoms with Crippen LogP contribution in [0.2, 0.25) is 0 Å². The van der Waals surface area contributed by atoms with Gasteiger partial charge in [-0.05, 0) is 36.6 Å². The average Bonchev–Trinajstić information content (AvgIpc) is 3.11. The summed E-state index contributed by atoms with van der Waals surface area (Å²) in [5, 5.41) is 12.1. The van der Waals surface area contributed by atoms with Crippen molar-refractivity contribution in [1.82, 2.24) is 10.2 Å². The van der Waals surface area contributed by atoms with Gasteiger partial charge in [-0.1, -0.05) is 19.9 Å². The molecule has 1 aromatic rings. The SMILES string of the molecule is CCCN(CCC)C(=O)C(CO)NC(=O)C=Cc1ccc2c(c1)OCO2. The third-order valence-electron chi connectivity index (χ3n) is 3.92. The molecule has 2 amide bonds. The molecule has 7 nitrogen and oxygen atoms in total. The minimum absolute atomic E-state index is 0.190. The van der Waals surface area contributed by atoms with Gasteiger partial charge in [-0.25, -0.2) is 0 Å². The molecule has 0 aliphatic carbocycles. The largest absolute Gasteiger partial charge is 0.454 e. The topological polar surface area (TPSA) is 88.1 Å². The monoisotopic (exact) mass is 362 g/mol. The zero-order chi connectivity index (χ0) is 18.9. The number of fused-ring (bicyclic) bond motifs is 1. The first-order valence-electron chi connectivity index (χ1n) is 8.86. The van der Waals surface area contributed by atoms with Gasteiger partial charge in [0, 0.05) is 19.2 Å². The molecule has 1 aliphatic rings. The van der Waals surface area contributed by atoms with Crippen LogP contribution in [0.5, 0.6) is 11.5 Å². The van der Waals surface area contributed by atoms with Crippen LogP contribution in [0.3, 0.4) is 0 Å². The third-order valence-corrected chi connectivity index (χ3v) is 3.92. The van der Waals surface area contributed by atoms with E-state index in [4.69, 9.17) is 9.47 Å². The van der Waals surface area contributed by atoms with Gasteiger partial charge in [0.1, 0.15) is 6.04 Å². The Balaban J connectivity index is 1.96. The van der Waals surface area contributed by atoms with E-state index in [9.17, 15) is 14.7 Å². The maximum atomic E-state index is 12.5. The van der Waals surface area contributed by atoms with Crippen molar-refractivity contribution >= 4 is 17.9 Å². The van der Waals surface area contributed by atoms with Crippen LogP contribution in [0.1, 0.15) is 32.3 Å². The highest BCUT2D eigenvalue weighted by atomic mass is 16.7. The zero-order valence-electron chi connectivity index (χ0n) is 15.2. The van der Waals surface area contributed by atoms with E-state index >= 15 is 0 Å². The van der Waals surface area contributed by atoms with Gasteiger partial charge in [-0.15, -0.1) is 0 Å². The van der Waals surface area contributed by atoms with Gasteiger partial charge >= 0.3 is 0 Å². The molecule has 142 valence electrons. The Bertz CT molecular complexity index is 653. The summed E-state index contributed by atoms with van der Waals surface area (Å²) in [6, 6.07) is 4.40. The van der Waals surface area contributed by atoms with Crippen LogP contribution < -0.4 is 14.8 Å². The number of hydrogen-bond acceptors (Lipinski definition) is 5. The molecule has 0 saturated carbocycles. The van der Waals surface area contributed by atoms with Crippen LogP contribution >= 0.6 is 0 Å². The lowest BCUT2D eigenvalue weighted by atomic mass is 10.2. The molecular formula is C19H26N2O5. The average molecular weight is 362 g/mol. The van der Waals surface area contributed by atoms with Crippen molar-refractivity contribution in [2.75, 3.05) is 26.5 Å². The fourth-order valence-corrected chi connectivity index (χ4v) is 2.69. The van der Waals surface area contributed by atoms with E-state index in [0.29, 0.717) is 24.6 Å². The van der Waals surface area contributed by atoms with Crippen molar-refractivity contribution in [2.24, 2.45) is 0 Å². The fourth-order valence-electron chi connectivity index (χ4n) is 2.69. The Morgan fingerprint density at radius 1 is 1.23 bits per heavy atom. The highest BCUT2D eigenvalue weighted by molar-refractivity contribution is 5.95. The Morgan fingerprint density at radius 2 is 1.92 bits per heavy atom. The van der Waals surface area contributed by atoms with Crippen LogP contribution in [0.15, 0.2) is 24.3 Å². The number of rotatable bonds is 9. The molecular weight excluding hydrogens is 336 g/mol. The molecule has 2 rings (SSSR count). The molecule has 0 aromatic heterocycles. The quantitative estimate of drug-likeness (QED) is 0.651. The summed E-state index contributed by atoms with van der Waals surface area (Å²) in [6.45, 7) is 4.92. The Labute approximate surface area is 153 Å². The number of amides is 2. The maximum Gasteiger partial charge on any atom is 0.247 e. The number of carbonyl (C=O) groups is 2. The van der Waals surface area contributed by atoms with Crippen LogP contribution in [-0.4, -0.2) is 54.4 Å². The Hall–Kier alpha value is -2.54. The van der Waals surface area contributed by atoms with Crippen molar-refractivity contribution in [3.63, 3.8) is 0 Å². The summed E-state index contributed by atoms with van der Waals surface area (Å²) < 4.78 is 10.5. The first-order valence-corrected chi connectivity index (χ1v) is 8.86. The molecule has 1 aromatic carbocycles. The lowest BCUT2D eigenvalue weighted by Gasteiger charge is -2.26. The van der Waals surface area contributed by atoms with Crippen LogP contribution in [0.4, 0.5) is 0 Å². The lowest BCUT2D eigenvalue weighted by Crippen LogP contribution is -2.50. The number of hydrogen-bond donors (Lipinski definition) is 2. The van der Waals surface area contributed by atoms with E-state index in [1.54, 1.807) is 29.2 Å². The highest BCUT2D eigenvalue weighted by Crippen LogP contribution is 2.32. The van der Waals surface area contributed by atoms with Crippen molar-refractivity contribution in [1.29, 1.82) is 0 Å². The van der Waals surface area contributed by atoms with E-state index in [1.807, 2.05) is 13.8 Å². The number of aliphatic hydroxyl groups excluding tert-OH is 1. The molecule has 0 radical (unpaired) electrons. The molecule has 0 saturated heterocycles. The van der Waals surface area contributed by atoms with Gasteiger partial charge in [0.2, 0.25) is 18.6 Å². The van der Waals surface area contributed by atoms with E-state index < -0.39 is 18.6 Å². The normalized spacial score (nSPS) is 13.7. The minimum Gasteiger partial charge on any atom is -0.454 e. The van der Waals surface area contributed by atoms with Gasteiger partial charge in [0.05, 0.1) is 6.61 Å². The summed E-state index contributed by atoms with van der Waals surface area (Å²) in [4.78, 5) is 26.3. The summed E-state index contributed by atoms with van der Waals surface area (Å²) in [5.41, 5.74) is 0.773. The highest BCUT2D eigenvalue weighted by Gasteiger charge is 2.23. The van der Waals surface area contributed by atoms with Crippen molar-refractivity contribution in [3.05, 3.63) is 29.8 Å². The number of benzene rings is 1.